The summed E-state index contributed by atoms with van der Waals surface area (Å²) in [5.74, 6) is 0.690. The molecule has 0 unspecified atom stereocenters. The molecule has 0 saturated carbocycles. The van der Waals surface area contributed by atoms with Crippen molar-refractivity contribution in [3.05, 3.63) is 206 Å². The highest BCUT2D eigenvalue weighted by molar-refractivity contribution is 6.26. The summed E-state index contributed by atoms with van der Waals surface area (Å²) in [5.41, 5.74) is 10.6. The molecule has 0 aliphatic heterocycles. The molecule has 0 N–H and O–H groups in total. The average Bonchev–Trinajstić information content (AvgIpc) is 3.34. The normalized spacial score (nSPS) is 11.7. The lowest BCUT2D eigenvalue weighted by Gasteiger charge is -2.15. The van der Waals surface area contributed by atoms with Gasteiger partial charge < -0.3 is 0 Å². The zero-order chi connectivity index (χ0) is 39.6. The number of pyridine rings is 2. The highest BCUT2D eigenvalue weighted by Crippen LogP contribution is 2.41. The fourth-order valence-electron chi connectivity index (χ4n) is 8.97. The first kappa shape index (κ1) is 34.0. The van der Waals surface area contributed by atoms with Gasteiger partial charge in [0.1, 0.15) is 0 Å². The molecular formula is C56H34N4. The summed E-state index contributed by atoms with van der Waals surface area (Å²) in [7, 11) is 0. The Balaban J connectivity index is 1.05. The molecule has 278 valence electrons. The summed E-state index contributed by atoms with van der Waals surface area (Å²) in [4.78, 5) is 20.9. The van der Waals surface area contributed by atoms with Gasteiger partial charge >= 0.3 is 0 Å². The van der Waals surface area contributed by atoms with Crippen LogP contribution >= 0.6 is 0 Å². The molecular weight excluding hydrogens is 729 g/mol. The summed E-state index contributed by atoms with van der Waals surface area (Å²) in [5, 5.41) is 11.9. The third-order valence-corrected chi connectivity index (χ3v) is 11.8. The van der Waals surface area contributed by atoms with Gasteiger partial charge in [-0.15, -0.1) is 0 Å². The Kier molecular flexibility index (Phi) is 7.82. The molecule has 0 fully saturated rings. The van der Waals surface area contributed by atoms with Crippen molar-refractivity contribution in [2.24, 2.45) is 0 Å². The third kappa shape index (κ3) is 5.61. The smallest absolute Gasteiger partial charge is 0.160 e. The minimum Gasteiger partial charge on any atom is -0.248 e. The monoisotopic (exact) mass is 762 g/mol. The van der Waals surface area contributed by atoms with Crippen LogP contribution in [0.25, 0.3) is 121 Å². The van der Waals surface area contributed by atoms with Gasteiger partial charge in [-0.1, -0.05) is 164 Å². The first-order valence-electron chi connectivity index (χ1n) is 20.3. The largest absolute Gasteiger partial charge is 0.248 e. The summed E-state index contributed by atoms with van der Waals surface area (Å²) in [6.07, 6.45) is 0. The van der Waals surface area contributed by atoms with Gasteiger partial charge in [-0.2, -0.15) is 0 Å². The number of hydrogen-bond acceptors (Lipinski definition) is 4. The second-order valence-corrected chi connectivity index (χ2v) is 15.4. The van der Waals surface area contributed by atoms with Crippen molar-refractivity contribution in [2.75, 3.05) is 0 Å². The van der Waals surface area contributed by atoms with E-state index in [0.29, 0.717) is 5.82 Å². The van der Waals surface area contributed by atoms with Gasteiger partial charge in [0.05, 0.1) is 33.8 Å². The molecule has 4 heteroatoms. The summed E-state index contributed by atoms with van der Waals surface area (Å²) in [6.45, 7) is 0. The van der Waals surface area contributed by atoms with Gasteiger partial charge in [0.15, 0.2) is 5.82 Å². The van der Waals surface area contributed by atoms with Crippen molar-refractivity contribution < 1.29 is 0 Å². The van der Waals surface area contributed by atoms with Gasteiger partial charge in [-0.3, -0.25) is 0 Å². The average molecular weight is 763 g/mol. The number of fused-ring (bicyclic) bond motifs is 11. The maximum absolute atomic E-state index is 5.40. The molecule has 0 saturated heterocycles. The van der Waals surface area contributed by atoms with Crippen molar-refractivity contribution in [3.8, 4) is 56.4 Å². The molecule has 0 spiro atoms. The van der Waals surface area contributed by atoms with E-state index >= 15 is 0 Å². The van der Waals surface area contributed by atoms with E-state index in [0.717, 1.165) is 83.2 Å². The molecule has 0 aliphatic carbocycles. The van der Waals surface area contributed by atoms with Crippen LogP contribution in [-0.4, -0.2) is 19.9 Å². The minimum atomic E-state index is 0.690. The first-order valence-corrected chi connectivity index (χ1v) is 20.3. The van der Waals surface area contributed by atoms with E-state index in [1.165, 1.54) is 32.3 Å². The maximum Gasteiger partial charge on any atom is 0.160 e. The van der Waals surface area contributed by atoms with Gasteiger partial charge in [0.25, 0.3) is 0 Å². The molecule has 0 aliphatic rings. The first-order chi connectivity index (χ1) is 29.7. The lowest BCUT2D eigenvalue weighted by Crippen LogP contribution is -1.96. The van der Waals surface area contributed by atoms with Crippen LogP contribution < -0.4 is 0 Å². The second-order valence-electron chi connectivity index (χ2n) is 15.4. The molecule has 9 aromatic carbocycles. The van der Waals surface area contributed by atoms with E-state index in [4.69, 9.17) is 19.9 Å². The SMILES string of the molecule is c1ccc(-c2cc(-c3ccc4nc(-c5ccccc5)c5c6ccc(-c7ccc8c9ccccc9c9ccccc9c8c7)nc6ccc5c4c3)nc(-c3ccccc3)n2)cc1. The molecule has 3 heterocycles. The fraction of sp³-hybridized carbons (Fsp3) is 0. The molecule has 0 amide bonds. The van der Waals surface area contributed by atoms with E-state index in [9.17, 15) is 0 Å². The zero-order valence-electron chi connectivity index (χ0n) is 32.4. The Hall–Kier alpha value is -8.08. The third-order valence-electron chi connectivity index (χ3n) is 11.8. The highest BCUT2D eigenvalue weighted by atomic mass is 14.9. The number of aromatic nitrogens is 4. The Labute approximate surface area is 346 Å². The Bertz CT molecular complexity index is 3550. The van der Waals surface area contributed by atoms with Crippen LogP contribution in [0.15, 0.2) is 206 Å². The molecule has 12 aromatic rings. The van der Waals surface area contributed by atoms with Crippen molar-refractivity contribution in [2.45, 2.75) is 0 Å². The minimum absolute atomic E-state index is 0.690. The zero-order valence-corrected chi connectivity index (χ0v) is 32.4. The number of nitrogens with zero attached hydrogens (tertiary/aromatic N) is 4. The topological polar surface area (TPSA) is 51.6 Å². The molecule has 0 atom stereocenters. The van der Waals surface area contributed by atoms with Crippen LogP contribution in [0, 0.1) is 0 Å². The lowest BCUT2D eigenvalue weighted by molar-refractivity contribution is 1.18. The van der Waals surface area contributed by atoms with Crippen LogP contribution in [0.5, 0.6) is 0 Å². The molecule has 0 radical (unpaired) electrons. The molecule has 12 rings (SSSR count). The lowest BCUT2D eigenvalue weighted by atomic mass is 9.92. The summed E-state index contributed by atoms with van der Waals surface area (Å²) < 4.78 is 0. The van der Waals surface area contributed by atoms with Crippen molar-refractivity contribution >= 4 is 64.9 Å². The van der Waals surface area contributed by atoms with E-state index in [1.807, 2.05) is 36.4 Å². The van der Waals surface area contributed by atoms with Crippen molar-refractivity contribution in [1.29, 1.82) is 0 Å². The Morgan fingerprint density at radius 1 is 0.233 bits per heavy atom. The van der Waals surface area contributed by atoms with Crippen LogP contribution in [0.1, 0.15) is 0 Å². The molecule has 3 aromatic heterocycles. The highest BCUT2D eigenvalue weighted by Gasteiger charge is 2.18. The number of benzene rings is 9. The van der Waals surface area contributed by atoms with Crippen LogP contribution in [0.2, 0.25) is 0 Å². The second kappa shape index (κ2) is 13.8. The molecule has 4 nitrogen and oxygen atoms in total. The quantitative estimate of drug-likeness (QED) is 0.164. The Morgan fingerprint density at radius 2 is 0.700 bits per heavy atom. The van der Waals surface area contributed by atoms with Gasteiger partial charge in [0, 0.05) is 44.0 Å². The maximum atomic E-state index is 5.40. The van der Waals surface area contributed by atoms with Crippen LogP contribution in [-0.2, 0) is 0 Å². The van der Waals surface area contributed by atoms with Crippen LogP contribution in [0.4, 0.5) is 0 Å². The molecule has 60 heavy (non-hydrogen) atoms. The predicted molar refractivity (Wildman–Crippen MR) is 250 cm³/mol. The van der Waals surface area contributed by atoms with Gasteiger partial charge in [-0.05, 0) is 80.2 Å². The predicted octanol–water partition coefficient (Wildman–Crippen LogP) is 14.5. The van der Waals surface area contributed by atoms with Gasteiger partial charge in [0.2, 0.25) is 0 Å². The standard InChI is InChI=1S/C56H34N4/c1-4-14-35(15-5-1)52-34-53(60-56(59-52)37-18-8-3-9-19-37)39-25-29-51-48(33-39)45-27-31-50-46(54(45)55(58-51)36-16-6-2-7-17-36)28-30-49(57-50)38-24-26-44-42-22-11-10-20-40(42)41-21-12-13-23-43(41)47(44)32-38/h1-34H. The summed E-state index contributed by atoms with van der Waals surface area (Å²) >= 11 is 0. The van der Waals surface area contributed by atoms with E-state index in [2.05, 4.69) is 170 Å². The van der Waals surface area contributed by atoms with E-state index in [1.54, 1.807) is 0 Å². The van der Waals surface area contributed by atoms with Crippen molar-refractivity contribution in [3.63, 3.8) is 0 Å². The molecule has 0 bridgehead atoms. The Morgan fingerprint density at radius 3 is 1.38 bits per heavy atom. The van der Waals surface area contributed by atoms with Crippen LogP contribution in [0.3, 0.4) is 0 Å². The fourth-order valence-corrected chi connectivity index (χ4v) is 8.97. The van der Waals surface area contributed by atoms with Crippen molar-refractivity contribution in [1.82, 2.24) is 19.9 Å². The number of rotatable bonds is 5. The number of hydrogen-bond donors (Lipinski definition) is 0. The van der Waals surface area contributed by atoms with Gasteiger partial charge in [-0.25, -0.2) is 19.9 Å². The van der Waals surface area contributed by atoms with E-state index in [-0.39, 0.29) is 0 Å². The van der Waals surface area contributed by atoms with E-state index < -0.39 is 0 Å². The summed E-state index contributed by atoms with van der Waals surface area (Å²) in [6, 6.07) is 72.6.